The van der Waals surface area contributed by atoms with E-state index in [0.717, 1.165) is 49.7 Å². The standard InChI is InChI=1S/C18H27N5O/c1-14-6-4-7-15(19-14)11-22-8-5-9-23-16(12-22)10-17(20-23)18(24)13-21(2)3/h4,6-7,10,18,24H,5,8-9,11-13H2,1-3H3. The Balaban J connectivity index is 1.71. The third-order valence-corrected chi connectivity index (χ3v) is 4.32. The molecule has 2 aromatic heterocycles. The Morgan fingerprint density at radius 3 is 2.88 bits per heavy atom. The monoisotopic (exact) mass is 329 g/mol. The van der Waals surface area contributed by atoms with Gasteiger partial charge in [0.1, 0.15) is 6.10 Å². The van der Waals surface area contributed by atoms with Gasteiger partial charge in [-0.05, 0) is 45.6 Å². The molecule has 0 saturated carbocycles. The van der Waals surface area contributed by atoms with Crippen molar-refractivity contribution in [3.05, 3.63) is 47.0 Å². The number of nitrogens with zero attached hydrogens (tertiary/aromatic N) is 5. The van der Waals surface area contributed by atoms with Gasteiger partial charge in [0, 0.05) is 38.4 Å². The van der Waals surface area contributed by atoms with Gasteiger partial charge < -0.3 is 10.0 Å². The number of hydrogen-bond donors (Lipinski definition) is 1. The highest BCUT2D eigenvalue weighted by Gasteiger charge is 2.20. The minimum atomic E-state index is -0.536. The molecule has 0 aliphatic carbocycles. The molecule has 2 aromatic rings. The molecule has 0 fully saturated rings. The third kappa shape index (κ3) is 4.20. The fourth-order valence-electron chi connectivity index (χ4n) is 3.20. The van der Waals surface area contributed by atoms with Crippen molar-refractivity contribution in [3.63, 3.8) is 0 Å². The zero-order valence-electron chi connectivity index (χ0n) is 14.8. The Morgan fingerprint density at radius 2 is 2.12 bits per heavy atom. The first kappa shape index (κ1) is 17.1. The zero-order chi connectivity index (χ0) is 17.1. The van der Waals surface area contributed by atoms with Crippen LogP contribution >= 0.6 is 0 Å². The molecule has 6 nitrogen and oxygen atoms in total. The average molecular weight is 329 g/mol. The number of hydrogen-bond acceptors (Lipinski definition) is 5. The van der Waals surface area contributed by atoms with Crippen LogP contribution in [-0.4, -0.2) is 56.9 Å². The van der Waals surface area contributed by atoms with Gasteiger partial charge in [0.15, 0.2) is 0 Å². The van der Waals surface area contributed by atoms with E-state index in [2.05, 4.69) is 37.9 Å². The molecule has 1 atom stereocenters. The third-order valence-electron chi connectivity index (χ3n) is 4.32. The van der Waals surface area contributed by atoms with Crippen molar-refractivity contribution in [2.24, 2.45) is 0 Å². The Hall–Kier alpha value is -1.76. The predicted molar refractivity (Wildman–Crippen MR) is 93.4 cm³/mol. The summed E-state index contributed by atoms with van der Waals surface area (Å²) < 4.78 is 2.05. The molecular formula is C18H27N5O. The first-order valence-corrected chi connectivity index (χ1v) is 8.55. The molecule has 1 N–H and O–H groups in total. The molecule has 1 aliphatic rings. The topological polar surface area (TPSA) is 57.4 Å². The van der Waals surface area contributed by atoms with Crippen LogP contribution in [0.5, 0.6) is 0 Å². The van der Waals surface area contributed by atoms with Crippen molar-refractivity contribution in [1.82, 2.24) is 24.6 Å². The van der Waals surface area contributed by atoms with Crippen LogP contribution in [0.25, 0.3) is 0 Å². The van der Waals surface area contributed by atoms with E-state index in [-0.39, 0.29) is 0 Å². The van der Waals surface area contributed by atoms with E-state index in [0.29, 0.717) is 6.54 Å². The molecule has 0 amide bonds. The lowest BCUT2D eigenvalue weighted by molar-refractivity contribution is 0.133. The predicted octanol–water partition coefficient (Wildman–Crippen LogP) is 1.59. The number of aliphatic hydroxyl groups excluding tert-OH is 1. The van der Waals surface area contributed by atoms with E-state index in [1.165, 1.54) is 5.69 Å². The van der Waals surface area contributed by atoms with E-state index in [9.17, 15) is 5.11 Å². The van der Waals surface area contributed by atoms with Crippen LogP contribution in [0.1, 0.15) is 35.3 Å². The molecule has 6 heteroatoms. The highest BCUT2D eigenvalue weighted by Crippen LogP contribution is 2.19. The van der Waals surface area contributed by atoms with E-state index in [1.54, 1.807) is 0 Å². The summed E-state index contributed by atoms with van der Waals surface area (Å²) >= 11 is 0. The number of likely N-dealkylation sites (N-methyl/N-ethyl adjacent to an activating group) is 1. The van der Waals surface area contributed by atoms with Gasteiger partial charge in [-0.25, -0.2) is 0 Å². The molecule has 3 heterocycles. The molecule has 1 aliphatic heterocycles. The van der Waals surface area contributed by atoms with Crippen molar-refractivity contribution >= 4 is 0 Å². The van der Waals surface area contributed by atoms with Crippen LogP contribution in [0, 0.1) is 6.92 Å². The van der Waals surface area contributed by atoms with Crippen LogP contribution in [0.3, 0.4) is 0 Å². The largest absolute Gasteiger partial charge is 0.385 e. The minimum absolute atomic E-state index is 0.536. The smallest absolute Gasteiger partial charge is 0.110 e. The lowest BCUT2D eigenvalue weighted by Crippen LogP contribution is -2.23. The summed E-state index contributed by atoms with van der Waals surface area (Å²) in [7, 11) is 3.92. The van der Waals surface area contributed by atoms with E-state index in [1.807, 2.05) is 32.0 Å². The van der Waals surface area contributed by atoms with Crippen LogP contribution in [0.4, 0.5) is 0 Å². The second-order valence-electron chi connectivity index (χ2n) is 6.90. The molecule has 130 valence electrons. The summed E-state index contributed by atoms with van der Waals surface area (Å²) in [6.45, 7) is 6.25. The molecule has 24 heavy (non-hydrogen) atoms. The SMILES string of the molecule is Cc1cccc(CN2CCCn3nc(C(O)CN(C)C)cc3C2)n1. The molecule has 0 bridgehead atoms. The van der Waals surface area contributed by atoms with Crippen LogP contribution in [-0.2, 0) is 19.6 Å². The average Bonchev–Trinajstić information content (AvgIpc) is 2.81. The lowest BCUT2D eigenvalue weighted by atomic mass is 10.2. The lowest BCUT2D eigenvalue weighted by Gasteiger charge is -2.19. The summed E-state index contributed by atoms with van der Waals surface area (Å²) in [5, 5.41) is 14.9. The van der Waals surface area contributed by atoms with Crippen molar-refractivity contribution < 1.29 is 5.11 Å². The van der Waals surface area contributed by atoms with Crippen molar-refractivity contribution in [2.75, 3.05) is 27.2 Å². The van der Waals surface area contributed by atoms with Gasteiger partial charge >= 0.3 is 0 Å². The maximum Gasteiger partial charge on any atom is 0.110 e. The number of fused-ring (bicyclic) bond motifs is 1. The maximum absolute atomic E-state index is 10.3. The molecule has 1 unspecified atom stereocenters. The first-order valence-electron chi connectivity index (χ1n) is 8.55. The second kappa shape index (κ2) is 7.42. The number of pyridine rings is 1. The molecule has 0 spiro atoms. The number of aliphatic hydroxyl groups is 1. The van der Waals surface area contributed by atoms with E-state index < -0.39 is 6.10 Å². The van der Waals surface area contributed by atoms with Gasteiger partial charge in [-0.15, -0.1) is 0 Å². The Labute approximate surface area is 143 Å². The second-order valence-corrected chi connectivity index (χ2v) is 6.90. The Bertz CT molecular complexity index is 682. The number of rotatable bonds is 5. The van der Waals surface area contributed by atoms with Gasteiger partial charge in [-0.1, -0.05) is 6.07 Å². The maximum atomic E-state index is 10.3. The fourth-order valence-corrected chi connectivity index (χ4v) is 3.20. The van der Waals surface area contributed by atoms with Crippen LogP contribution < -0.4 is 0 Å². The van der Waals surface area contributed by atoms with Gasteiger partial charge in [0.25, 0.3) is 0 Å². The van der Waals surface area contributed by atoms with Gasteiger partial charge in [0.05, 0.1) is 17.1 Å². The van der Waals surface area contributed by atoms with Gasteiger partial charge in [-0.2, -0.15) is 5.10 Å². The Morgan fingerprint density at radius 1 is 1.29 bits per heavy atom. The summed E-state index contributed by atoms with van der Waals surface area (Å²) in [4.78, 5) is 8.99. The van der Waals surface area contributed by atoms with Crippen molar-refractivity contribution in [1.29, 1.82) is 0 Å². The number of aryl methyl sites for hydroxylation is 2. The normalized spacial score (nSPS) is 16.9. The summed E-state index contributed by atoms with van der Waals surface area (Å²) in [5.74, 6) is 0. The molecular weight excluding hydrogens is 302 g/mol. The van der Waals surface area contributed by atoms with Crippen LogP contribution in [0.2, 0.25) is 0 Å². The number of aromatic nitrogens is 3. The summed E-state index contributed by atoms with van der Waals surface area (Å²) in [6.07, 6.45) is 0.523. The zero-order valence-corrected chi connectivity index (χ0v) is 14.8. The molecule has 0 radical (unpaired) electrons. The highest BCUT2D eigenvalue weighted by atomic mass is 16.3. The van der Waals surface area contributed by atoms with Gasteiger partial charge in [-0.3, -0.25) is 14.6 Å². The summed E-state index contributed by atoms with van der Waals surface area (Å²) in [6, 6.07) is 8.23. The molecule has 0 saturated heterocycles. The van der Waals surface area contributed by atoms with Gasteiger partial charge in [0.2, 0.25) is 0 Å². The highest BCUT2D eigenvalue weighted by molar-refractivity contribution is 5.15. The van der Waals surface area contributed by atoms with Crippen molar-refractivity contribution in [3.8, 4) is 0 Å². The fraction of sp³-hybridized carbons (Fsp3) is 0.556. The van der Waals surface area contributed by atoms with Crippen LogP contribution in [0.15, 0.2) is 24.3 Å². The first-order chi connectivity index (χ1) is 11.5. The van der Waals surface area contributed by atoms with E-state index >= 15 is 0 Å². The van der Waals surface area contributed by atoms with Crippen molar-refractivity contribution in [2.45, 2.75) is 39.1 Å². The quantitative estimate of drug-likeness (QED) is 0.903. The molecule has 3 rings (SSSR count). The molecule has 0 aromatic carbocycles. The summed E-state index contributed by atoms with van der Waals surface area (Å²) in [5.41, 5.74) is 4.11. The minimum Gasteiger partial charge on any atom is -0.385 e. The van der Waals surface area contributed by atoms with E-state index in [4.69, 9.17) is 0 Å². The Kier molecular flexibility index (Phi) is 5.28.